The first-order chi connectivity index (χ1) is 14.2. The van der Waals surface area contributed by atoms with Gasteiger partial charge in [-0.2, -0.15) is 0 Å². The number of anilines is 1. The summed E-state index contributed by atoms with van der Waals surface area (Å²) in [5, 5.41) is 2.66. The van der Waals surface area contributed by atoms with E-state index >= 15 is 0 Å². The molecule has 0 aliphatic carbocycles. The van der Waals surface area contributed by atoms with Crippen molar-refractivity contribution in [1.82, 2.24) is 4.90 Å². The molecule has 1 heterocycles. The summed E-state index contributed by atoms with van der Waals surface area (Å²) in [5.74, 6) is -0.269. The van der Waals surface area contributed by atoms with Crippen LogP contribution in [0, 0.1) is 0 Å². The molecule has 30 heavy (non-hydrogen) atoms. The van der Waals surface area contributed by atoms with Crippen LogP contribution in [-0.4, -0.2) is 35.1 Å². The fraction of sp³-hybridized carbons (Fsp3) is 0.348. The van der Waals surface area contributed by atoms with Crippen LogP contribution in [0.2, 0.25) is 0 Å². The number of amides is 3. The van der Waals surface area contributed by atoms with Gasteiger partial charge in [-0.05, 0) is 50.5 Å². The van der Waals surface area contributed by atoms with Gasteiger partial charge in [0.25, 0.3) is 0 Å². The number of hydrogen-bond acceptors (Lipinski definition) is 5. The lowest BCUT2D eigenvalue weighted by atomic mass is 10.1. The number of cyclic esters (lactones) is 1. The Labute approximate surface area is 176 Å². The number of carbonyl (C=O) groups excluding carboxylic acids is 3. The van der Waals surface area contributed by atoms with Crippen LogP contribution in [0.1, 0.15) is 44.4 Å². The van der Waals surface area contributed by atoms with E-state index in [2.05, 4.69) is 5.32 Å². The van der Waals surface area contributed by atoms with E-state index in [1.165, 1.54) is 0 Å². The number of aryl methyl sites for hydroxylation is 1. The van der Waals surface area contributed by atoms with E-state index in [9.17, 15) is 14.4 Å². The van der Waals surface area contributed by atoms with Crippen molar-refractivity contribution in [2.45, 2.75) is 45.3 Å². The van der Waals surface area contributed by atoms with Gasteiger partial charge in [0.05, 0.1) is 6.54 Å². The highest BCUT2D eigenvalue weighted by molar-refractivity contribution is 5.93. The largest absolute Gasteiger partial charge is 0.444 e. The van der Waals surface area contributed by atoms with Gasteiger partial charge in [-0.1, -0.05) is 42.5 Å². The van der Waals surface area contributed by atoms with E-state index in [4.69, 9.17) is 9.47 Å². The van der Waals surface area contributed by atoms with E-state index in [1.54, 1.807) is 32.9 Å². The summed E-state index contributed by atoms with van der Waals surface area (Å²) in [4.78, 5) is 37.6. The average molecular weight is 410 g/mol. The fourth-order valence-electron chi connectivity index (χ4n) is 3.07. The molecule has 1 N–H and O–H groups in total. The highest BCUT2D eigenvalue weighted by Gasteiger charge is 2.36. The second kappa shape index (κ2) is 8.98. The summed E-state index contributed by atoms with van der Waals surface area (Å²) >= 11 is 0. The first-order valence-electron chi connectivity index (χ1n) is 9.86. The number of rotatable bonds is 5. The molecule has 1 fully saturated rings. The smallest absolute Gasteiger partial charge is 0.417 e. The lowest BCUT2D eigenvalue weighted by Crippen LogP contribution is -2.31. The molecular formula is C23H26N2O5. The molecule has 3 rings (SSSR count). The molecule has 1 aliphatic heterocycles. The van der Waals surface area contributed by atoms with Crippen molar-refractivity contribution >= 4 is 23.8 Å². The van der Waals surface area contributed by atoms with E-state index in [1.807, 2.05) is 42.5 Å². The predicted octanol–water partition coefficient (Wildman–Crippen LogP) is 4.69. The van der Waals surface area contributed by atoms with Gasteiger partial charge in [0.15, 0.2) is 0 Å². The van der Waals surface area contributed by atoms with Crippen molar-refractivity contribution in [2.24, 2.45) is 0 Å². The van der Waals surface area contributed by atoms with Crippen LogP contribution in [0.25, 0.3) is 0 Å². The summed E-state index contributed by atoms with van der Waals surface area (Å²) < 4.78 is 10.5. The highest BCUT2D eigenvalue weighted by Crippen LogP contribution is 2.26. The molecule has 0 spiro atoms. The monoisotopic (exact) mass is 410 g/mol. The Morgan fingerprint density at radius 1 is 1.10 bits per heavy atom. The minimum atomic E-state index is -0.606. The van der Waals surface area contributed by atoms with Crippen molar-refractivity contribution in [3.8, 4) is 0 Å². The van der Waals surface area contributed by atoms with Gasteiger partial charge in [0.2, 0.25) is 5.91 Å². The van der Waals surface area contributed by atoms with Crippen molar-refractivity contribution in [3.05, 3.63) is 65.7 Å². The van der Waals surface area contributed by atoms with Crippen LogP contribution < -0.4 is 5.32 Å². The van der Waals surface area contributed by atoms with E-state index in [0.29, 0.717) is 12.1 Å². The maximum atomic E-state index is 12.5. The lowest BCUT2D eigenvalue weighted by Gasteiger charge is -2.19. The third kappa shape index (κ3) is 5.83. The molecule has 2 aromatic carbocycles. The molecule has 0 bridgehead atoms. The molecule has 0 saturated carbocycles. The molecule has 1 unspecified atom stereocenters. The second-order valence-corrected chi connectivity index (χ2v) is 8.11. The molecule has 7 nitrogen and oxygen atoms in total. The summed E-state index contributed by atoms with van der Waals surface area (Å²) in [6, 6.07) is 16.5. The van der Waals surface area contributed by atoms with Crippen LogP contribution in [0.3, 0.4) is 0 Å². The SMILES string of the molecule is CC(C)(C)OC(=O)Nc1ccc(CCC(=O)N2CC(c3ccccc3)OC2=O)cc1. The Morgan fingerprint density at radius 2 is 1.77 bits per heavy atom. The molecule has 2 aromatic rings. The molecule has 158 valence electrons. The number of nitrogens with one attached hydrogen (secondary N) is 1. The standard InChI is InChI=1S/C23H26N2O5/c1-23(2,3)30-21(27)24-18-12-9-16(10-13-18)11-14-20(26)25-15-19(29-22(25)28)17-7-5-4-6-8-17/h4-10,12-13,19H,11,14-15H2,1-3H3,(H,24,27). The molecule has 7 heteroatoms. The van der Waals surface area contributed by atoms with E-state index in [0.717, 1.165) is 16.0 Å². The number of nitrogens with zero attached hydrogens (tertiary/aromatic N) is 1. The Bertz CT molecular complexity index is 903. The van der Waals surface area contributed by atoms with Crippen LogP contribution in [0.15, 0.2) is 54.6 Å². The summed E-state index contributed by atoms with van der Waals surface area (Å²) in [6.45, 7) is 5.61. The Kier molecular flexibility index (Phi) is 6.40. The number of benzene rings is 2. The van der Waals surface area contributed by atoms with Gasteiger partial charge in [-0.15, -0.1) is 0 Å². The molecule has 1 saturated heterocycles. The minimum absolute atomic E-state index is 0.190. The summed E-state index contributed by atoms with van der Waals surface area (Å²) in [5.41, 5.74) is 1.83. The van der Waals surface area contributed by atoms with E-state index in [-0.39, 0.29) is 18.9 Å². The number of hydrogen-bond donors (Lipinski definition) is 1. The van der Waals surface area contributed by atoms with Gasteiger partial charge in [0, 0.05) is 12.1 Å². The molecule has 0 aromatic heterocycles. The molecule has 1 atom stereocenters. The first-order valence-corrected chi connectivity index (χ1v) is 9.86. The van der Waals surface area contributed by atoms with Crippen LogP contribution in [-0.2, 0) is 20.7 Å². The van der Waals surface area contributed by atoms with Crippen molar-refractivity contribution < 1.29 is 23.9 Å². The summed E-state index contributed by atoms with van der Waals surface area (Å²) in [6.07, 6.45) is -0.890. The van der Waals surface area contributed by atoms with Gasteiger partial charge in [-0.25, -0.2) is 14.5 Å². The van der Waals surface area contributed by atoms with Gasteiger partial charge >= 0.3 is 12.2 Å². The minimum Gasteiger partial charge on any atom is -0.444 e. The Morgan fingerprint density at radius 3 is 2.40 bits per heavy atom. The molecule has 1 aliphatic rings. The third-order valence-corrected chi connectivity index (χ3v) is 4.51. The zero-order valence-corrected chi connectivity index (χ0v) is 17.4. The topological polar surface area (TPSA) is 84.9 Å². The maximum Gasteiger partial charge on any atom is 0.417 e. The second-order valence-electron chi connectivity index (χ2n) is 8.11. The molecule has 3 amide bonds. The van der Waals surface area contributed by atoms with E-state index < -0.39 is 23.9 Å². The number of ether oxygens (including phenoxy) is 2. The highest BCUT2D eigenvalue weighted by atomic mass is 16.6. The normalized spacial score (nSPS) is 16.2. The van der Waals surface area contributed by atoms with Gasteiger partial charge < -0.3 is 9.47 Å². The number of carbonyl (C=O) groups is 3. The lowest BCUT2D eigenvalue weighted by molar-refractivity contribution is -0.127. The summed E-state index contributed by atoms with van der Waals surface area (Å²) in [7, 11) is 0. The first kappa shape index (κ1) is 21.4. The third-order valence-electron chi connectivity index (χ3n) is 4.51. The zero-order chi connectivity index (χ0) is 21.7. The van der Waals surface area contributed by atoms with Crippen molar-refractivity contribution in [2.75, 3.05) is 11.9 Å². The van der Waals surface area contributed by atoms with Crippen LogP contribution in [0.4, 0.5) is 15.3 Å². The number of imide groups is 1. The average Bonchev–Trinajstić information content (AvgIpc) is 3.08. The fourth-order valence-corrected chi connectivity index (χ4v) is 3.07. The maximum absolute atomic E-state index is 12.5. The van der Waals surface area contributed by atoms with Crippen LogP contribution in [0.5, 0.6) is 0 Å². The van der Waals surface area contributed by atoms with Gasteiger partial charge in [0.1, 0.15) is 11.7 Å². The Balaban J connectivity index is 1.50. The zero-order valence-electron chi connectivity index (χ0n) is 17.4. The van der Waals surface area contributed by atoms with Crippen molar-refractivity contribution in [1.29, 1.82) is 0 Å². The van der Waals surface area contributed by atoms with Crippen LogP contribution >= 0.6 is 0 Å². The van der Waals surface area contributed by atoms with Gasteiger partial charge in [-0.3, -0.25) is 10.1 Å². The van der Waals surface area contributed by atoms with Crippen molar-refractivity contribution in [3.63, 3.8) is 0 Å². The Hall–Kier alpha value is -3.35. The molecule has 0 radical (unpaired) electrons. The quantitative estimate of drug-likeness (QED) is 0.773. The predicted molar refractivity (Wildman–Crippen MR) is 112 cm³/mol. The molecular weight excluding hydrogens is 384 g/mol.